The van der Waals surface area contributed by atoms with Gasteiger partial charge in [0, 0.05) is 0 Å². The summed E-state index contributed by atoms with van der Waals surface area (Å²) in [6.45, 7) is 1.50. The highest BCUT2D eigenvalue weighted by Gasteiger charge is 2.28. The Balaban J connectivity index is 4.45. The molecule has 0 aromatic rings. The van der Waals surface area contributed by atoms with Crippen molar-refractivity contribution in [2.24, 2.45) is 0 Å². The van der Waals surface area contributed by atoms with Crippen LogP contribution in [0.25, 0.3) is 0 Å². The van der Waals surface area contributed by atoms with Crippen LogP contribution in [0, 0.1) is 0 Å². The lowest BCUT2D eigenvalue weighted by atomic mass is 10.5. The van der Waals surface area contributed by atoms with Crippen molar-refractivity contribution in [1.82, 2.24) is 0 Å². The van der Waals surface area contributed by atoms with Crippen LogP contribution < -0.4 is 0 Å². The Morgan fingerprint density at radius 3 is 2.14 bits per heavy atom. The number of rotatable bonds is 6. The molecule has 1 atom stereocenters. The van der Waals surface area contributed by atoms with Gasteiger partial charge in [-0.3, -0.25) is 8.74 Å². The van der Waals surface area contributed by atoms with Gasteiger partial charge < -0.3 is 5.11 Å². The minimum atomic E-state index is -4.54. The molecule has 7 nitrogen and oxygen atoms in total. The summed E-state index contributed by atoms with van der Waals surface area (Å²) in [5.74, 6) is -1.29. The molecule has 0 amide bonds. The molecular formula is C5H12O7S2. The zero-order valence-electron chi connectivity index (χ0n) is 7.45. The third-order valence-electron chi connectivity index (χ3n) is 1.14. The third-order valence-corrected chi connectivity index (χ3v) is 3.41. The van der Waals surface area contributed by atoms with E-state index in [4.69, 9.17) is 9.66 Å². The lowest BCUT2D eigenvalue weighted by molar-refractivity contribution is 0.225. The Bertz CT molecular complexity index is 354. The van der Waals surface area contributed by atoms with Crippen molar-refractivity contribution in [2.45, 2.75) is 18.8 Å². The molecule has 9 heteroatoms. The number of hydrogen-bond donors (Lipinski definition) is 2. The Hall–Kier alpha value is -0.220. The fraction of sp³-hybridized carbons (Fsp3) is 1.00. The summed E-state index contributed by atoms with van der Waals surface area (Å²) in [5, 5.41) is 8.89. The van der Waals surface area contributed by atoms with Crippen molar-refractivity contribution in [1.29, 1.82) is 0 Å². The van der Waals surface area contributed by atoms with Crippen LogP contribution >= 0.6 is 0 Å². The van der Waals surface area contributed by atoms with Crippen LogP contribution in [0.1, 0.15) is 13.3 Å². The first-order valence-electron chi connectivity index (χ1n) is 3.70. The molecule has 0 aliphatic carbocycles. The fourth-order valence-electron chi connectivity index (χ4n) is 0.542. The van der Waals surface area contributed by atoms with E-state index in [9.17, 15) is 16.8 Å². The largest absolute Gasteiger partial charge is 0.374 e. The van der Waals surface area contributed by atoms with Gasteiger partial charge in [-0.05, 0) is 6.42 Å². The molecule has 0 aromatic carbocycles. The maximum absolute atomic E-state index is 10.9. The van der Waals surface area contributed by atoms with E-state index in [1.807, 2.05) is 0 Å². The quantitative estimate of drug-likeness (QED) is 0.454. The van der Waals surface area contributed by atoms with Gasteiger partial charge >= 0.3 is 0 Å². The highest BCUT2D eigenvalue weighted by molar-refractivity contribution is 7.90. The summed E-state index contributed by atoms with van der Waals surface area (Å²) in [7, 11) is -8.88. The molecule has 0 spiro atoms. The first kappa shape index (κ1) is 13.8. The van der Waals surface area contributed by atoms with E-state index in [2.05, 4.69) is 4.18 Å². The van der Waals surface area contributed by atoms with Gasteiger partial charge in [0.25, 0.3) is 20.2 Å². The zero-order chi connectivity index (χ0) is 11.4. The third kappa shape index (κ3) is 5.50. The van der Waals surface area contributed by atoms with E-state index < -0.39 is 31.4 Å². The molecular weight excluding hydrogens is 236 g/mol. The van der Waals surface area contributed by atoms with Gasteiger partial charge in [-0.25, -0.2) is 0 Å². The molecule has 0 aliphatic heterocycles. The van der Waals surface area contributed by atoms with Gasteiger partial charge in [-0.15, -0.1) is 0 Å². The van der Waals surface area contributed by atoms with Gasteiger partial charge in [0.1, 0.15) is 5.75 Å². The molecule has 0 aliphatic rings. The summed E-state index contributed by atoms with van der Waals surface area (Å²) in [4.78, 5) is 0. The molecule has 0 heterocycles. The molecule has 0 fully saturated rings. The minimum absolute atomic E-state index is 0.148. The van der Waals surface area contributed by atoms with Crippen molar-refractivity contribution in [3.8, 4) is 0 Å². The predicted molar refractivity (Wildman–Crippen MR) is 47.6 cm³/mol. The average molecular weight is 248 g/mol. The van der Waals surface area contributed by atoms with Crippen molar-refractivity contribution in [2.75, 3.05) is 12.4 Å². The Kier molecular flexibility index (Phi) is 4.95. The molecule has 0 saturated heterocycles. The standard InChI is InChI=1S/C5H12O7S2/c1-2-3-12-14(10,11)5(6)4-13(7,8)9/h5-6H,2-4H2,1H3,(H,7,8,9). The van der Waals surface area contributed by atoms with Gasteiger partial charge in [0.15, 0.2) is 5.44 Å². The molecule has 2 N–H and O–H groups in total. The molecule has 86 valence electrons. The van der Waals surface area contributed by atoms with Gasteiger partial charge in [-0.1, -0.05) is 6.92 Å². The zero-order valence-corrected chi connectivity index (χ0v) is 9.08. The first-order chi connectivity index (χ1) is 6.19. The molecule has 0 aromatic heterocycles. The summed E-state index contributed by atoms with van der Waals surface area (Å²) in [6.07, 6.45) is 0.401. The lowest BCUT2D eigenvalue weighted by Gasteiger charge is -2.09. The van der Waals surface area contributed by atoms with Crippen molar-refractivity contribution in [3.63, 3.8) is 0 Å². The Labute approximate surface area is 82.6 Å². The fourth-order valence-corrected chi connectivity index (χ4v) is 2.64. The Morgan fingerprint density at radius 1 is 1.29 bits per heavy atom. The Morgan fingerprint density at radius 2 is 1.79 bits per heavy atom. The van der Waals surface area contributed by atoms with E-state index >= 15 is 0 Å². The van der Waals surface area contributed by atoms with Crippen LogP contribution in [0.3, 0.4) is 0 Å². The van der Waals surface area contributed by atoms with E-state index in [-0.39, 0.29) is 6.61 Å². The monoisotopic (exact) mass is 248 g/mol. The number of aliphatic hydroxyl groups excluding tert-OH is 1. The smallest absolute Gasteiger partial charge is 0.295 e. The molecule has 0 saturated carbocycles. The van der Waals surface area contributed by atoms with E-state index in [0.29, 0.717) is 6.42 Å². The molecule has 1 unspecified atom stereocenters. The second kappa shape index (κ2) is 5.03. The summed E-state index contributed by atoms with van der Waals surface area (Å²) >= 11 is 0. The van der Waals surface area contributed by atoms with Crippen molar-refractivity contribution >= 4 is 20.2 Å². The van der Waals surface area contributed by atoms with Crippen molar-refractivity contribution < 1.29 is 30.7 Å². The number of hydrogen-bond acceptors (Lipinski definition) is 6. The first-order valence-corrected chi connectivity index (χ1v) is 6.78. The van der Waals surface area contributed by atoms with Crippen LogP contribution in [-0.2, 0) is 24.4 Å². The topological polar surface area (TPSA) is 118 Å². The number of aliphatic hydroxyl groups is 1. The van der Waals surface area contributed by atoms with Crippen molar-refractivity contribution in [3.05, 3.63) is 0 Å². The van der Waals surface area contributed by atoms with Crippen LogP contribution in [0.2, 0.25) is 0 Å². The van der Waals surface area contributed by atoms with Crippen LogP contribution in [0.5, 0.6) is 0 Å². The highest BCUT2D eigenvalue weighted by Crippen LogP contribution is 2.04. The highest BCUT2D eigenvalue weighted by atomic mass is 32.2. The molecule has 0 radical (unpaired) electrons. The van der Waals surface area contributed by atoms with Gasteiger partial charge in [-0.2, -0.15) is 16.8 Å². The van der Waals surface area contributed by atoms with Gasteiger partial charge in [0.2, 0.25) is 0 Å². The normalized spacial score (nSPS) is 15.4. The SMILES string of the molecule is CCCOS(=O)(=O)C(O)CS(=O)(=O)O. The van der Waals surface area contributed by atoms with E-state index in [1.54, 1.807) is 6.92 Å². The maximum Gasteiger partial charge on any atom is 0.295 e. The summed E-state index contributed by atoms with van der Waals surface area (Å²) in [5.41, 5.74) is -2.26. The summed E-state index contributed by atoms with van der Waals surface area (Å²) in [6, 6.07) is 0. The van der Waals surface area contributed by atoms with Crippen LogP contribution in [-0.4, -0.2) is 44.3 Å². The molecule has 14 heavy (non-hydrogen) atoms. The van der Waals surface area contributed by atoms with E-state index in [1.165, 1.54) is 0 Å². The van der Waals surface area contributed by atoms with E-state index in [0.717, 1.165) is 0 Å². The van der Waals surface area contributed by atoms with Gasteiger partial charge in [0.05, 0.1) is 6.61 Å². The molecule has 0 rings (SSSR count). The summed E-state index contributed by atoms with van der Waals surface area (Å²) < 4.78 is 54.8. The second-order valence-corrected chi connectivity index (χ2v) is 5.78. The lowest BCUT2D eigenvalue weighted by Crippen LogP contribution is -2.30. The molecule has 0 bridgehead atoms. The predicted octanol–water partition coefficient (Wildman–Crippen LogP) is -1.05. The van der Waals surface area contributed by atoms with Crippen LogP contribution in [0.4, 0.5) is 0 Å². The minimum Gasteiger partial charge on any atom is -0.374 e. The maximum atomic E-state index is 10.9. The second-order valence-electron chi connectivity index (χ2n) is 2.52. The average Bonchev–Trinajstić information content (AvgIpc) is 1.97. The van der Waals surface area contributed by atoms with Crippen LogP contribution in [0.15, 0.2) is 0 Å².